The van der Waals surface area contributed by atoms with Crippen molar-refractivity contribution in [3.63, 3.8) is 0 Å². The highest BCUT2D eigenvalue weighted by molar-refractivity contribution is 5.95. The highest BCUT2D eigenvalue weighted by Crippen LogP contribution is 2.30. The number of carbonyl (C=O) groups excluding carboxylic acids is 2. The Kier molecular flexibility index (Phi) is 7.51. The van der Waals surface area contributed by atoms with Gasteiger partial charge in [0, 0.05) is 30.5 Å². The molecule has 33 heavy (non-hydrogen) atoms. The van der Waals surface area contributed by atoms with Crippen molar-refractivity contribution in [2.75, 3.05) is 4.90 Å². The van der Waals surface area contributed by atoms with Crippen LogP contribution in [0.25, 0.3) is 0 Å². The fourth-order valence-corrected chi connectivity index (χ4v) is 4.35. The van der Waals surface area contributed by atoms with E-state index in [0.29, 0.717) is 13.1 Å². The molecule has 2 aromatic carbocycles. The van der Waals surface area contributed by atoms with Crippen molar-refractivity contribution in [2.45, 2.75) is 52.1 Å². The summed E-state index contributed by atoms with van der Waals surface area (Å²) in [5, 5.41) is 2.96. The number of aryl methyl sites for hydroxylation is 1. The third kappa shape index (κ3) is 6.28. The van der Waals surface area contributed by atoms with E-state index in [1.807, 2.05) is 41.3 Å². The van der Waals surface area contributed by atoms with Gasteiger partial charge < -0.3 is 10.2 Å². The Hall–Kier alpha value is -3.47. The van der Waals surface area contributed by atoms with Crippen LogP contribution in [0.1, 0.15) is 47.9 Å². The van der Waals surface area contributed by atoms with Gasteiger partial charge in [0.05, 0.1) is 13.0 Å². The monoisotopic (exact) mass is 441 g/mol. The minimum Gasteiger partial charge on any atom is -0.352 e. The maximum absolute atomic E-state index is 13.5. The van der Waals surface area contributed by atoms with Crippen molar-refractivity contribution < 1.29 is 9.59 Å². The number of nitrogens with one attached hydrogen (secondary N) is 1. The molecule has 0 aliphatic heterocycles. The van der Waals surface area contributed by atoms with Gasteiger partial charge in [0.25, 0.3) is 0 Å². The van der Waals surface area contributed by atoms with Crippen LogP contribution in [0.5, 0.6) is 0 Å². The van der Waals surface area contributed by atoms with Gasteiger partial charge in [-0.25, -0.2) is 0 Å². The lowest BCUT2D eigenvalue weighted by molar-refractivity contribution is -0.122. The van der Waals surface area contributed by atoms with Crippen LogP contribution in [0.2, 0.25) is 0 Å². The number of amides is 2. The summed E-state index contributed by atoms with van der Waals surface area (Å²) in [5.74, 6) is 0.228. The molecular weight excluding hydrogens is 410 g/mol. The van der Waals surface area contributed by atoms with Crippen molar-refractivity contribution in [2.24, 2.45) is 5.92 Å². The average Bonchev–Trinajstić information content (AvgIpc) is 3.38. The Balaban J connectivity index is 1.49. The highest BCUT2D eigenvalue weighted by Gasteiger charge is 2.28. The van der Waals surface area contributed by atoms with Crippen LogP contribution >= 0.6 is 0 Å². The van der Waals surface area contributed by atoms with Crippen molar-refractivity contribution >= 4 is 17.5 Å². The van der Waals surface area contributed by atoms with E-state index in [9.17, 15) is 9.59 Å². The number of nitrogens with zero attached hydrogens (tertiary/aromatic N) is 2. The lowest BCUT2D eigenvalue weighted by Gasteiger charge is -2.26. The van der Waals surface area contributed by atoms with Crippen molar-refractivity contribution in [3.05, 3.63) is 95.3 Å². The fraction of sp³-hybridized carbons (Fsp3) is 0.321. The minimum absolute atomic E-state index is 0.0452. The molecule has 0 atom stereocenters. The van der Waals surface area contributed by atoms with Crippen molar-refractivity contribution in [1.29, 1.82) is 0 Å². The number of hydrogen-bond acceptors (Lipinski definition) is 3. The van der Waals surface area contributed by atoms with Gasteiger partial charge in [-0.3, -0.25) is 14.6 Å². The molecule has 1 aliphatic carbocycles. The average molecular weight is 442 g/mol. The number of rotatable bonds is 8. The highest BCUT2D eigenvalue weighted by atomic mass is 16.2. The van der Waals surface area contributed by atoms with E-state index in [0.717, 1.165) is 48.1 Å². The molecule has 1 fully saturated rings. The summed E-state index contributed by atoms with van der Waals surface area (Å²) >= 11 is 0. The normalized spacial score (nSPS) is 13.6. The van der Waals surface area contributed by atoms with E-state index in [1.165, 1.54) is 5.56 Å². The van der Waals surface area contributed by atoms with E-state index < -0.39 is 0 Å². The second kappa shape index (κ2) is 10.9. The van der Waals surface area contributed by atoms with Gasteiger partial charge in [-0.2, -0.15) is 0 Å². The first-order chi connectivity index (χ1) is 16.1. The quantitative estimate of drug-likeness (QED) is 0.537. The number of pyridine rings is 1. The van der Waals surface area contributed by atoms with Gasteiger partial charge in [0.1, 0.15) is 0 Å². The van der Waals surface area contributed by atoms with Crippen LogP contribution in [0.4, 0.5) is 5.69 Å². The topological polar surface area (TPSA) is 62.3 Å². The number of aromatic nitrogens is 1. The maximum Gasteiger partial charge on any atom is 0.230 e. The Morgan fingerprint density at radius 1 is 0.939 bits per heavy atom. The predicted octanol–water partition coefficient (Wildman–Crippen LogP) is 4.97. The molecule has 1 saturated carbocycles. The molecule has 3 aromatic rings. The van der Waals surface area contributed by atoms with Gasteiger partial charge in [-0.15, -0.1) is 0 Å². The van der Waals surface area contributed by atoms with E-state index in [-0.39, 0.29) is 24.2 Å². The van der Waals surface area contributed by atoms with E-state index >= 15 is 0 Å². The maximum atomic E-state index is 13.5. The van der Waals surface area contributed by atoms with E-state index in [4.69, 9.17) is 0 Å². The Morgan fingerprint density at radius 2 is 1.67 bits per heavy atom. The molecule has 1 N–H and O–H groups in total. The van der Waals surface area contributed by atoms with Gasteiger partial charge in [-0.05, 0) is 60.7 Å². The van der Waals surface area contributed by atoms with Gasteiger partial charge in [-0.1, -0.05) is 54.8 Å². The molecule has 1 heterocycles. The molecule has 5 heteroatoms. The summed E-state index contributed by atoms with van der Waals surface area (Å²) in [7, 11) is 0. The molecule has 0 bridgehead atoms. The third-order valence-electron chi connectivity index (χ3n) is 6.26. The van der Waals surface area contributed by atoms with Gasteiger partial charge in [0.15, 0.2) is 0 Å². The van der Waals surface area contributed by atoms with Crippen LogP contribution in [0.3, 0.4) is 0 Å². The number of carbonyl (C=O) groups is 2. The van der Waals surface area contributed by atoms with Crippen molar-refractivity contribution in [1.82, 2.24) is 10.3 Å². The van der Waals surface area contributed by atoms with Crippen LogP contribution in [0.15, 0.2) is 73.1 Å². The molecule has 0 spiro atoms. The molecule has 5 nitrogen and oxygen atoms in total. The zero-order chi connectivity index (χ0) is 23.0. The minimum atomic E-state index is -0.0452. The number of benzene rings is 2. The smallest absolute Gasteiger partial charge is 0.230 e. The van der Waals surface area contributed by atoms with E-state index in [2.05, 4.69) is 41.5 Å². The van der Waals surface area contributed by atoms with Gasteiger partial charge >= 0.3 is 0 Å². The molecule has 0 saturated heterocycles. The molecule has 4 rings (SSSR count). The third-order valence-corrected chi connectivity index (χ3v) is 6.26. The first-order valence-corrected chi connectivity index (χ1v) is 11.7. The predicted molar refractivity (Wildman–Crippen MR) is 131 cm³/mol. The number of anilines is 1. The second-order valence-electron chi connectivity index (χ2n) is 8.87. The molecule has 1 aromatic heterocycles. The number of hydrogen-bond donors (Lipinski definition) is 1. The fourth-order valence-electron chi connectivity index (χ4n) is 4.35. The molecule has 170 valence electrons. The van der Waals surface area contributed by atoms with E-state index in [1.54, 1.807) is 12.4 Å². The summed E-state index contributed by atoms with van der Waals surface area (Å²) in [6, 6.07) is 19.9. The summed E-state index contributed by atoms with van der Waals surface area (Å²) in [4.78, 5) is 31.9. The van der Waals surface area contributed by atoms with Crippen LogP contribution < -0.4 is 10.2 Å². The summed E-state index contributed by atoms with van der Waals surface area (Å²) in [6.07, 6.45) is 7.86. The zero-order valence-electron chi connectivity index (χ0n) is 19.2. The second-order valence-corrected chi connectivity index (χ2v) is 8.87. The van der Waals surface area contributed by atoms with Crippen molar-refractivity contribution in [3.8, 4) is 0 Å². The lowest BCUT2D eigenvalue weighted by atomic mass is 10.0. The van der Waals surface area contributed by atoms with Crippen LogP contribution in [-0.4, -0.2) is 16.8 Å². The Bertz CT molecular complexity index is 1070. The Morgan fingerprint density at radius 3 is 2.39 bits per heavy atom. The molecule has 2 amide bonds. The van der Waals surface area contributed by atoms with Crippen LogP contribution in [0, 0.1) is 12.8 Å². The SMILES string of the molecule is Cc1ccc(CN(C(=O)C2CCCC2)c2cccc(CC(=O)NCc3ccncc3)c2)cc1. The van der Waals surface area contributed by atoms with Gasteiger partial charge in [0.2, 0.25) is 11.8 Å². The molecular formula is C28H31N3O2. The standard InChI is InChI=1S/C28H31N3O2/c1-21-9-11-23(12-10-21)20-31(28(33)25-6-2-3-7-25)26-8-4-5-24(17-26)18-27(32)30-19-22-13-15-29-16-14-22/h4-5,8-17,25H,2-3,6-7,18-20H2,1H3,(H,30,32). The summed E-state index contributed by atoms with van der Waals surface area (Å²) in [5.41, 5.74) is 5.07. The molecule has 1 aliphatic rings. The Labute approximate surface area is 195 Å². The summed E-state index contributed by atoms with van der Waals surface area (Å²) in [6.45, 7) is 3.07. The summed E-state index contributed by atoms with van der Waals surface area (Å²) < 4.78 is 0. The molecule has 0 radical (unpaired) electrons. The lowest BCUT2D eigenvalue weighted by Crippen LogP contribution is -2.35. The first-order valence-electron chi connectivity index (χ1n) is 11.7. The molecule has 0 unspecified atom stereocenters. The largest absolute Gasteiger partial charge is 0.352 e. The van der Waals surface area contributed by atoms with Crippen LogP contribution in [-0.2, 0) is 29.1 Å². The first kappa shape index (κ1) is 22.7. The zero-order valence-corrected chi connectivity index (χ0v) is 19.2.